The van der Waals surface area contributed by atoms with E-state index >= 15 is 0 Å². The molecular weight excluding hydrogens is 454 g/mol. The van der Waals surface area contributed by atoms with Gasteiger partial charge < -0.3 is 25.3 Å². The van der Waals surface area contributed by atoms with Gasteiger partial charge in [0.05, 0.1) is 31.2 Å². The van der Waals surface area contributed by atoms with Gasteiger partial charge in [0, 0.05) is 28.5 Å². The molecule has 4 N–H and O–H groups in total. The van der Waals surface area contributed by atoms with Crippen LogP contribution in [0.2, 0.25) is 0 Å². The Morgan fingerprint density at radius 3 is 2.76 bits per heavy atom. The Kier molecular flexibility index (Phi) is 6.06. The van der Waals surface area contributed by atoms with Gasteiger partial charge in [0.25, 0.3) is 0 Å². The number of fused-ring (bicyclic) bond motifs is 2. The number of carbonyl (C=O) groups excluding carboxylic acids is 2. The van der Waals surface area contributed by atoms with Crippen molar-refractivity contribution in [3.05, 3.63) is 34.7 Å². The lowest BCUT2D eigenvalue weighted by atomic mass is 9.47. The Labute approximate surface area is 203 Å². The number of nitrogens with one attached hydrogen (secondary N) is 2. The number of hydrogen-bond donors (Lipinski definition) is 4. The monoisotopic (exact) mass is 487 g/mol. The van der Waals surface area contributed by atoms with E-state index in [2.05, 4.69) is 17.6 Å². The van der Waals surface area contributed by atoms with Crippen LogP contribution in [0, 0.1) is 22.7 Å². The molecule has 8 nitrogen and oxygen atoms in total. The van der Waals surface area contributed by atoms with Crippen LogP contribution in [0.4, 0.5) is 5.13 Å². The fraction of sp³-hybridized carbons (Fsp3) is 0.640. The summed E-state index contributed by atoms with van der Waals surface area (Å²) in [6.07, 6.45) is 5.04. The Morgan fingerprint density at radius 2 is 2.09 bits per heavy atom. The summed E-state index contributed by atoms with van der Waals surface area (Å²) in [6, 6.07) is 3.61. The second kappa shape index (κ2) is 8.77. The highest BCUT2D eigenvalue weighted by molar-refractivity contribution is 7.15. The highest BCUT2D eigenvalue weighted by atomic mass is 32.1. The number of hydrogen-bond acceptors (Lipinski definition) is 7. The van der Waals surface area contributed by atoms with E-state index in [0.717, 1.165) is 29.8 Å². The number of furan rings is 1. The van der Waals surface area contributed by atoms with Crippen LogP contribution in [-0.4, -0.2) is 39.7 Å². The van der Waals surface area contributed by atoms with Crippen molar-refractivity contribution in [2.75, 3.05) is 11.9 Å². The van der Waals surface area contributed by atoms with E-state index in [0.29, 0.717) is 30.3 Å². The summed E-state index contributed by atoms with van der Waals surface area (Å²) in [5, 5.41) is 27.7. The van der Waals surface area contributed by atoms with Crippen molar-refractivity contribution in [2.24, 2.45) is 22.7 Å². The van der Waals surface area contributed by atoms with E-state index in [1.54, 1.807) is 12.3 Å². The minimum Gasteiger partial charge on any atom is -0.467 e. The van der Waals surface area contributed by atoms with Gasteiger partial charge in [0.2, 0.25) is 11.8 Å². The summed E-state index contributed by atoms with van der Waals surface area (Å²) < 4.78 is 5.33. The predicted octanol–water partition coefficient (Wildman–Crippen LogP) is 3.21. The number of aromatic nitrogens is 1. The molecule has 5 unspecified atom stereocenters. The average Bonchev–Trinajstić information content (AvgIpc) is 3.39. The van der Waals surface area contributed by atoms with E-state index in [1.165, 1.54) is 11.3 Å². The summed E-state index contributed by atoms with van der Waals surface area (Å²) in [5.74, 6) is 0.488. The van der Waals surface area contributed by atoms with Crippen LogP contribution < -0.4 is 10.6 Å². The van der Waals surface area contributed by atoms with Gasteiger partial charge in [-0.1, -0.05) is 13.8 Å². The van der Waals surface area contributed by atoms with Gasteiger partial charge in [-0.2, -0.15) is 0 Å². The smallest absolute Gasteiger partial charge is 0.229 e. The second-order valence-electron chi connectivity index (χ2n) is 10.7. The predicted molar refractivity (Wildman–Crippen MR) is 127 cm³/mol. The van der Waals surface area contributed by atoms with E-state index in [9.17, 15) is 19.8 Å². The van der Waals surface area contributed by atoms with Crippen LogP contribution in [0.25, 0.3) is 0 Å². The number of amides is 2. The molecule has 34 heavy (non-hydrogen) atoms. The minimum atomic E-state index is -0.672. The molecule has 2 aromatic heterocycles. The zero-order valence-corrected chi connectivity index (χ0v) is 20.5. The largest absolute Gasteiger partial charge is 0.467 e. The standard InChI is InChI=1S/C25H33N3O5S/c1-24-8-7-19(30)25(2,13-29)18(24)11-17-21(27-23(34-17)28-22(32)14-5-6-14)16(24)10-20(31)26-12-15-4-3-9-33-15/h3-4,9,14,16,18-19,29-30H,5-8,10-13H2,1-2H3,(H,26,31)(H,27,28,32). The van der Waals surface area contributed by atoms with Crippen molar-refractivity contribution in [1.29, 1.82) is 0 Å². The van der Waals surface area contributed by atoms with E-state index in [4.69, 9.17) is 9.40 Å². The van der Waals surface area contributed by atoms with Crippen molar-refractivity contribution < 1.29 is 24.2 Å². The molecule has 2 fully saturated rings. The Morgan fingerprint density at radius 1 is 1.29 bits per heavy atom. The van der Waals surface area contributed by atoms with Crippen LogP contribution in [0.3, 0.4) is 0 Å². The van der Waals surface area contributed by atoms with Crippen molar-refractivity contribution in [2.45, 2.75) is 70.9 Å². The maximum Gasteiger partial charge on any atom is 0.229 e. The van der Waals surface area contributed by atoms with Gasteiger partial charge in [-0.3, -0.25) is 9.59 Å². The lowest BCUT2D eigenvalue weighted by Crippen LogP contribution is -2.57. The zero-order chi connectivity index (χ0) is 24.1. The first-order valence-electron chi connectivity index (χ1n) is 12.1. The third-order valence-corrected chi connectivity index (χ3v) is 9.51. The number of thiazole rings is 1. The molecule has 0 radical (unpaired) electrons. The molecule has 184 valence electrons. The van der Waals surface area contributed by atoms with Crippen LogP contribution in [0.1, 0.15) is 68.2 Å². The maximum absolute atomic E-state index is 13.1. The Bertz CT molecular complexity index is 1060. The number of anilines is 1. The fourth-order valence-corrected chi connectivity index (χ4v) is 7.18. The van der Waals surface area contributed by atoms with E-state index in [-0.39, 0.29) is 48.0 Å². The third-order valence-electron chi connectivity index (χ3n) is 8.50. The molecule has 0 aromatic carbocycles. The van der Waals surface area contributed by atoms with Crippen LogP contribution in [0.5, 0.6) is 0 Å². The first-order valence-corrected chi connectivity index (χ1v) is 12.9. The first kappa shape index (κ1) is 23.5. The number of nitrogens with zero attached hydrogens (tertiary/aromatic N) is 1. The molecule has 2 saturated carbocycles. The molecule has 2 heterocycles. The van der Waals surface area contributed by atoms with Crippen LogP contribution in [0.15, 0.2) is 22.8 Å². The highest BCUT2D eigenvalue weighted by Gasteiger charge is 2.59. The molecule has 0 spiro atoms. The molecule has 5 atom stereocenters. The number of aliphatic hydroxyl groups excluding tert-OH is 2. The minimum absolute atomic E-state index is 0.0121. The molecule has 0 bridgehead atoms. The van der Waals surface area contributed by atoms with Gasteiger partial charge in [0.15, 0.2) is 5.13 Å². The van der Waals surface area contributed by atoms with Crippen molar-refractivity contribution >= 4 is 28.3 Å². The van der Waals surface area contributed by atoms with Gasteiger partial charge in [-0.25, -0.2) is 4.98 Å². The average molecular weight is 488 g/mol. The molecule has 9 heteroatoms. The Balaban J connectivity index is 1.45. The SMILES string of the molecule is CC1(CO)C(O)CCC2(C)C(CC(=O)NCc3ccco3)c3nc(NC(=O)C4CC4)sc3CC12. The molecular formula is C25H33N3O5S. The summed E-state index contributed by atoms with van der Waals surface area (Å²) >= 11 is 1.46. The van der Waals surface area contributed by atoms with Gasteiger partial charge >= 0.3 is 0 Å². The van der Waals surface area contributed by atoms with Crippen molar-refractivity contribution in [1.82, 2.24) is 10.3 Å². The van der Waals surface area contributed by atoms with Gasteiger partial charge in [-0.05, 0) is 55.6 Å². The molecule has 5 rings (SSSR count). The highest BCUT2D eigenvalue weighted by Crippen LogP contribution is 2.62. The third kappa shape index (κ3) is 4.07. The number of rotatable bonds is 7. The van der Waals surface area contributed by atoms with Crippen molar-refractivity contribution in [3.8, 4) is 0 Å². The molecule has 3 aliphatic carbocycles. The van der Waals surface area contributed by atoms with Crippen LogP contribution >= 0.6 is 11.3 Å². The maximum atomic E-state index is 13.1. The van der Waals surface area contributed by atoms with Gasteiger partial charge in [0.1, 0.15) is 5.76 Å². The number of carbonyl (C=O) groups is 2. The molecule has 0 saturated heterocycles. The second-order valence-corrected chi connectivity index (χ2v) is 11.8. The fourth-order valence-electron chi connectivity index (χ4n) is 6.11. The summed E-state index contributed by atoms with van der Waals surface area (Å²) in [5.41, 5.74) is -0.119. The lowest BCUT2D eigenvalue weighted by Gasteiger charge is -2.58. The lowest BCUT2D eigenvalue weighted by molar-refractivity contribution is -0.144. The molecule has 2 aromatic rings. The van der Waals surface area contributed by atoms with Crippen LogP contribution in [-0.2, 0) is 22.6 Å². The summed E-state index contributed by atoms with van der Waals surface area (Å²) in [4.78, 5) is 31.3. The Hall–Kier alpha value is -2.23. The summed E-state index contributed by atoms with van der Waals surface area (Å²) in [6.45, 7) is 4.33. The topological polar surface area (TPSA) is 125 Å². The number of aliphatic hydroxyl groups is 2. The van der Waals surface area contributed by atoms with E-state index < -0.39 is 11.5 Å². The molecule has 0 aliphatic heterocycles. The molecule has 3 aliphatic rings. The molecule has 2 amide bonds. The van der Waals surface area contributed by atoms with Crippen molar-refractivity contribution in [3.63, 3.8) is 0 Å². The zero-order valence-electron chi connectivity index (χ0n) is 19.7. The summed E-state index contributed by atoms with van der Waals surface area (Å²) in [7, 11) is 0. The van der Waals surface area contributed by atoms with Gasteiger partial charge in [-0.15, -0.1) is 11.3 Å². The van der Waals surface area contributed by atoms with E-state index in [1.807, 2.05) is 13.0 Å². The normalized spacial score (nSPS) is 32.5. The first-order chi connectivity index (χ1) is 16.2. The quantitative estimate of drug-likeness (QED) is 0.475.